The third-order valence-corrected chi connectivity index (χ3v) is 5.48. The number of anilines is 2. The summed E-state index contributed by atoms with van der Waals surface area (Å²) in [6.45, 7) is 7.03. The van der Waals surface area contributed by atoms with Crippen molar-refractivity contribution in [1.29, 1.82) is 0 Å². The van der Waals surface area contributed by atoms with E-state index in [0.717, 1.165) is 33.9 Å². The van der Waals surface area contributed by atoms with Crippen LogP contribution in [0.25, 0.3) is 0 Å². The lowest BCUT2D eigenvalue weighted by Gasteiger charge is -2.26. The first-order valence-electron chi connectivity index (χ1n) is 9.25. The number of nitrogens with zero attached hydrogens (tertiary/aromatic N) is 3. The molecule has 0 saturated carbocycles. The Labute approximate surface area is 176 Å². The molecule has 0 amide bonds. The molecule has 0 spiro atoms. The summed E-state index contributed by atoms with van der Waals surface area (Å²) in [4.78, 5) is 6.21. The Hall–Kier alpha value is -2.01. The van der Waals surface area contributed by atoms with Gasteiger partial charge >= 0.3 is 0 Å². The molecule has 0 aliphatic carbocycles. The monoisotopic (exact) mass is 417 g/mol. The summed E-state index contributed by atoms with van der Waals surface area (Å²) < 4.78 is 2.24. The molecule has 2 aromatic heterocycles. The summed E-state index contributed by atoms with van der Waals surface area (Å²) in [5.41, 5.74) is 5.20. The largest absolute Gasteiger partial charge is 0.392 e. The summed E-state index contributed by atoms with van der Waals surface area (Å²) >= 11 is 12.5. The molecule has 28 heavy (non-hydrogen) atoms. The Balaban J connectivity index is 2.21. The molecule has 0 radical (unpaired) electrons. The second-order valence-corrected chi connectivity index (χ2v) is 8.12. The van der Waals surface area contributed by atoms with Crippen LogP contribution in [0, 0.1) is 6.92 Å². The first kappa shape index (κ1) is 20.7. The number of aromatic nitrogens is 2. The van der Waals surface area contributed by atoms with Crippen molar-refractivity contribution in [1.82, 2.24) is 9.55 Å². The topological polar surface area (TPSA) is 41.3 Å². The van der Waals surface area contributed by atoms with E-state index < -0.39 is 0 Å². The lowest BCUT2D eigenvalue weighted by Crippen LogP contribution is -2.17. The van der Waals surface area contributed by atoms with Crippen LogP contribution in [0.2, 0.25) is 10.0 Å². The minimum atomic E-state index is -0.000165. The molecule has 0 unspecified atom stereocenters. The molecule has 0 fully saturated rings. The summed E-state index contributed by atoms with van der Waals surface area (Å²) in [6, 6.07) is 9.54. The predicted octanol–water partition coefficient (Wildman–Crippen LogP) is 5.93. The first-order chi connectivity index (χ1) is 13.3. The minimum Gasteiger partial charge on any atom is -0.392 e. The predicted molar refractivity (Wildman–Crippen MR) is 117 cm³/mol. The van der Waals surface area contributed by atoms with Gasteiger partial charge in [-0.15, -0.1) is 0 Å². The van der Waals surface area contributed by atoms with Gasteiger partial charge in [-0.05, 0) is 48.7 Å². The van der Waals surface area contributed by atoms with Gasteiger partial charge in [0.1, 0.15) is 5.82 Å². The lowest BCUT2D eigenvalue weighted by molar-refractivity contribution is 0.279. The lowest BCUT2D eigenvalue weighted by atomic mass is 9.99. The molecular weight excluding hydrogens is 393 g/mol. The van der Waals surface area contributed by atoms with Gasteiger partial charge in [-0.1, -0.05) is 37.0 Å². The number of aliphatic hydroxyl groups is 1. The summed E-state index contributed by atoms with van der Waals surface area (Å²) in [7, 11) is 2.01. The van der Waals surface area contributed by atoms with E-state index in [2.05, 4.69) is 35.2 Å². The number of benzene rings is 1. The van der Waals surface area contributed by atoms with Gasteiger partial charge in [0.2, 0.25) is 0 Å². The van der Waals surface area contributed by atoms with Gasteiger partial charge in [-0.3, -0.25) is 4.98 Å². The fourth-order valence-corrected chi connectivity index (χ4v) is 4.20. The maximum Gasteiger partial charge on any atom is 0.117 e. The number of rotatable bonds is 6. The van der Waals surface area contributed by atoms with E-state index in [-0.39, 0.29) is 12.5 Å². The van der Waals surface area contributed by atoms with Crippen molar-refractivity contribution in [2.45, 2.75) is 39.8 Å². The van der Waals surface area contributed by atoms with Gasteiger partial charge in [-0.25, -0.2) is 0 Å². The van der Waals surface area contributed by atoms with Gasteiger partial charge in [0, 0.05) is 58.5 Å². The average molecular weight is 418 g/mol. The van der Waals surface area contributed by atoms with Gasteiger partial charge in [0.05, 0.1) is 6.61 Å². The van der Waals surface area contributed by atoms with Crippen LogP contribution in [0.4, 0.5) is 11.5 Å². The minimum absolute atomic E-state index is 0.000165. The zero-order valence-corrected chi connectivity index (χ0v) is 18.1. The van der Waals surface area contributed by atoms with Gasteiger partial charge in [-0.2, -0.15) is 0 Å². The SMILES string of the molecule is Cc1c(CO)c(C(C)C)c(N(C)c2cc(Cl)cc(Cl)c2)n1Cc1ccncc1. The molecule has 0 aliphatic rings. The molecule has 0 aliphatic heterocycles. The van der Waals surface area contributed by atoms with Crippen LogP contribution in [-0.2, 0) is 13.2 Å². The fraction of sp³-hybridized carbons (Fsp3) is 0.318. The highest BCUT2D eigenvalue weighted by Crippen LogP contribution is 2.40. The van der Waals surface area contributed by atoms with Crippen molar-refractivity contribution >= 4 is 34.7 Å². The molecule has 1 aromatic carbocycles. The van der Waals surface area contributed by atoms with Crippen LogP contribution in [0.3, 0.4) is 0 Å². The van der Waals surface area contributed by atoms with E-state index in [1.54, 1.807) is 18.5 Å². The molecule has 3 aromatic rings. The average Bonchev–Trinajstić information content (AvgIpc) is 2.93. The fourth-order valence-electron chi connectivity index (χ4n) is 3.68. The molecule has 3 rings (SSSR count). The summed E-state index contributed by atoms with van der Waals surface area (Å²) in [6.07, 6.45) is 3.59. The van der Waals surface area contributed by atoms with E-state index in [1.807, 2.05) is 31.3 Å². The molecule has 0 saturated heterocycles. The van der Waals surface area contributed by atoms with Crippen molar-refractivity contribution in [3.05, 3.63) is 75.2 Å². The highest BCUT2D eigenvalue weighted by Gasteiger charge is 2.25. The number of pyridine rings is 1. The van der Waals surface area contributed by atoms with Crippen molar-refractivity contribution in [2.75, 3.05) is 11.9 Å². The Kier molecular flexibility index (Phi) is 6.33. The van der Waals surface area contributed by atoms with E-state index in [1.165, 1.54) is 0 Å². The summed E-state index contributed by atoms with van der Waals surface area (Å²) in [5, 5.41) is 11.3. The maximum atomic E-state index is 10.1. The molecule has 0 bridgehead atoms. The maximum absolute atomic E-state index is 10.1. The van der Waals surface area contributed by atoms with Crippen molar-refractivity contribution in [3.8, 4) is 0 Å². The van der Waals surface area contributed by atoms with Crippen LogP contribution in [0.5, 0.6) is 0 Å². The number of hydrogen-bond acceptors (Lipinski definition) is 3. The zero-order chi connectivity index (χ0) is 20.4. The number of aliphatic hydroxyl groups excluding tert-OH is 1. The Morgan fingerprint density at radius 1 is 1.11 bits per heavy atom. The third-order valence-electron chi connectivity index (χ3n) is 5.04. The third kappa shape index (κ3) is 4.04. The smallest absolute Gasteiger partial charge is 0.117 e. The molecule has 6 heteroatoms. The summed E-state index contributed by atoms with van der Waals surface area (Å²) in [5.74, 6) is 1.28. The molecule has 148 valence electrons. The molecule has 0 atom stereocenters. The number of halogens is 2. The van der Waals surface area contributed by atoms with E-state index in [9.17, 15) is 5.11 Å². The Morgan fingerprint density at radius 2 is 1.71 bits per heavy atom. The molecule has 2 heterocycles. The highest BCUT2D eigenvalue weighted by atomic mass is 35.5. The molecular formula is C22H25Cl2N3O. The Bertz CT molecular complexity index is 947. The number of hydrogen-bond donors (Lipinski definition) is 1. The van der Waals surface area contributed by atoms with Crippen molar-refractivity contribution in [3.63, 3.8) is 0 Å². The van der Waals surface area contributed by atoms with E-state index in [0.29, 0.717) is 16.6 Å². The normalized spacial score (nSPS) is 11.3. The first-order valence-corrected chi connectivity index (χ1v) is 10.0. The van der Waals surface area contributed by atoms with Gasteiger partial charge in [0.15, 0.2) is 0 Å². The van der Waals surface area contributed by atoms with Crippen LogP contribution in [-0.4, -0.2) is 21.7 Å². The van der Waals surface area contributed by atoms with Gasteiger partial charge in [0.25, 0.3) is 0 Å². The van der Waals surface area contributed by atoms with E-state index >= 15 is 0 Å². The van der Waals surface area contributed by atoms with Crippen LogP contribution in [0.15, 0.2) is 42.7 Å². The quantitative estimate of drug-likeness (QED) is 0.540. The van der Waals surface area contributed by atoms with Crippen LogP contribution < -0.4 is 4.90 Å². The second-order valence-electron chi connectivity index (χ2n) is 7.24. The van der Waals surface area contributed by atoms with Crippen molar-refractivity contribution < 1.29 is 5.11 Å². The molecule has 1 N–H and O–H groups in total. The Morgan fingerprint density at radius 3 is 2.25 bits per heavy atom. The van der Waals surface area contributed by atoms with Gasteiger partial charge < -0.3 is 14.6 Å². The van der Waals surface area contributed by atoms with Crippen LogP contribution >= 0.6 is 23.2 Å². The van der Waals surface area contributed by atoms with Crippen molar-refractivity contribution in [2.24, 2.45) is 0 Å². The van der Waals surface area contributed by atoms with Crippen LogP contribution in [0.1, 0.15) is 42.1 Å². The van der Waals surface area contributed by atoms with E-state index in [4.69, 9.17) is 23.2 Å². The zero-order valence-electron chi connectivity index (χ0n) is 16.6. The second kappa shape index (κ2) is 8.56. The standard InChI is InChI=1S/C22H25Cl2N3O/c1-14(2)21-20(13-28)15(3)27(12-16-5-7-25-8-6-16)22(21)26(4)19-10-17(23)9-18(24)11-19/h5-11,14,28H,12-13H2,1-4H3. The highest BCUT2D eigenvalue weighted by molar-refractivity contribution is 6.35. The molecule has 4 nitrogen and oxygen atoms in total.